The number of fused-ring (bicyclic) bond motifs is 3. The smallest absolute Gasteiger partial charge is 0.228 e. The molecule has 0 bridgehead atoms. The van der Waals surface area contributed by atoms with E-state index in [1.165, 1.54) is 0 Å². The Labute approximate surface area is 185 Å². The van der Waals surface area contributed by atoms with Crippen molar-refractivity contribution < 1.29 is 9.47 Å². The van der Waals surface area contributed by atoms with Crippen LogP contribution in [0.4, 0.5) is 11.6 Å². The number of rotatable bonds is 5. The van der Waals surface area contributed by atoms with E-state index in [1.807, 2.05) is 79.7 Å². The Balaban J connectivity index is 1.68. The Bertz CT molecular complexity index is 1260. The van der Waals surface area contributed by atoms with Gasteiger partial charge in [-0.25, -0.2) is 9.97 Å². The number of nitrogens with zero attached hydrogens (tertiary/aromatic N) is 2. The van der Waals surface area contributed by atoms with Gasteiger partial charge in [0.2, 0.25) is 5.95 Å². The minimum absolute atomic E-state index is 0.393. The molecular formula is C25H20ClN3O2. The number of ether oxygens (including phenoxy) is 2. The SMILES string of the molecule is CCOc1ccccc1Nc1nc(-c2cccc(Cl)c2)c2c(n1)-c1ccccc1OC2. The van der Waals surface area contributed by atoms with Crippen molar-refractivity contribution in [3.63, 3.8) is 0 Å². The van der Waals surface area contributed by atoms with E-state index >= 15 is 0 Å². The normalized spacial score (nSPS) is 11.8. The van der Waals surface area contributed by atoms with Crippen molar-refractivity contribution in [2.75, 3.05) is 11.9 Å². The van der Waals surface area contributed by atoms with E-state index in [0.29, 0.717) is 24.2 Å². The number of hydrogen-bond donors (Lipinski definition) is 1. The van der Waals surface area contributed by atoms with E-state index in [0.717, 1.165) is 45.3 Å². The van der Waals surface area contributed by atoms with Gasteiger partial charge in [0.25, 0.3) is 0 Å². The maximum Gasteiger partial charge on any atom is 0.228 e. The minimum atomic E-state index is 0.393. The lowest BCUT2D eigenvalue weighted by Gasteiger charge is -2.23. The lowest BCUT2D eigenvalue weighted by molar-refractivity contribution is 0.301. The second-order valence-electron chi connectivity index (χ2n) is 7.07. The summed E-state index contributed by atoms with van der Waals surface area (Å²) in [6.07, 6.45) is 0. The first-order valence-corrected chi connectivity index (χ1v) is 10.5. The maximum absolute atomic E-state index is 6.28. The quantitative estimate of drug-likeness (QED) is 0.392. The molecule has 2 heterocycles. The third-order valence-corrected chi connectivity index (χ3v) is 5.29. The van der Waals surface area contributed by atoms with Crippen LogP contribution in [0, 0.1) is 0 Å². The van der Waals surface area contributed by atoms with Crippen molar-refractivity contribution in [1.82, 2.24) is 9.97 Å². The second-order valence-corrected chi connectivity index (χ2v) is 7.51. The topological polar surface area (TPSA) is 56.3 Å². The summed E-state index contributed by atoms with van der Waals surface area (Å²) < 4.78 is 11.8. The van der Waals surface area contributed by atoms with Crippen LogP contribution in [-0.4, -0.2) is 16.6 Å². The van der Waals surface area contributed by atoms with Crippen molar-refractivity contribution in [2.45, 2.75) is 13.5 Å². The Morgan fingerprint density at radius 1 is 0.968 bits per heavy atom. The predicted octanol–water partition coefficient (Wildman–Crippen LogP) is 6.50. The molecule has 31 heavy (non-hydrogen) atoms. The van der Waals surface area contributed by atoms with E-state index in [9.17, 15) is 0 Å². The summed E-state index contributed by atoms with van der Waals surface area (Å²) in [4.78, 5) is 9.72. The van der Waals surface area contributed by atoms with Crippen molar-refractivity contribution in [3.8, 4) is 34.0 Å². The number of hydrogen-bond acceptors (Lipinski definition) is 5. The fourth-order valence-corrected chi connectivity index (χ4v) is 3.87. The predicted molar refractivity (Wildman–Crippen MR) is 123 cm³/mol. The molecule has 0 spiro atoms. The highest BCUT2D eigenvalue weighted by molar-refractivity contribution is 6.30. The van der Waals surface area contributed by atoms with Crippen LogP contribution in [0.1, 0.15) is 12.5 Å². The molecule has 1 aliphatic heterocycles. The third-order valence-electron chi connectivity index (χ3n) is 5.05. The highest BCUT2D eigenvalue weighted by atomic mass is 35.5. The lowest BCUT2D eigenvalue weighted by atomic mass is 9.98. The Morgan fingerprint density at radius 2 is 1.77 bits per heavy atom. The van der Waals surface area contributed by atoms with Crippen LogP contribution in [-0.2, 0) is 6.61 Å². The first-order valence-electron chi connectivity index (χ1n) is 10.1. The van der Waals surface area contributed by atoms with E-state index in [2.05, 4.69) is 5.32 Å². The van der Waals surface area contributed by atoms with Gasteiger partial charge in [-0.3, -0.25) is 0 Å². The number of para-hydroxylation sites is 3. The standard InChI is InChI=1S/C25H20ClN3O2/c1-2-30-22-13-6-4-11-20(22)27-25-28-23(16-8-7-9-17(26)14-16)19-15-31-21-12-5-3-10-18(21)24(19)29-25/h3-14H,2,15H2,1H3,(H,27,28,29). The summed E-state index contributed by atoms with van der Waals surface area (Å²) in [5, 5.41) is 3.99. The first-order chi connectivity index (χ1) is 15.2. The van der Waals surface area contributed by atoms with Crippen molar-refractivity contribution in [1.29, 1.82) is 0 Å². The van der Waals surface area contributed by atoms with E-state index in [-0.39, 0.29) is 0 Å². The lowest BCUT2D eigenvalue weighted by Crippen LogP contribution is -2.12. The summed E-state index contributed by atoms with van der Waals surface area (Å²) in [6, 6.07) is 23.3. The molecule has 0 aliphatic carbocycles. The highest BCUT2D eigenvalue weighted by Gasteiger charge is 2.24. The molecule has 1 aromatic heterocycles. The van der Waals surface area contributed by atoms with Gasteiger partial charge >= 0.3 is 0 Å². The molecule has 1 N–H and O–H groups in total. The van der Waals surface area contributed by atoms with Gasteiger partial charge in [0.1, 0.15) is 18.1 Å². The molecule has 154 valence electrons. The van der Waals surface area contributed by atoms with Crippen LogP contribution in [0.5, 0.6) is 11.5 Å². The van der Waals surface area contributed by atoms with Gasteiger partial charge in [0, 0.05) is 21.7 Å². The first kappa shape index (κ1) is 19.4. The average Bonchev–Trinajstić information content (AvgIpc) is 2.80. The van der Waals surface area contributed by atoms with Crippen LogP contribution in [0.15, 0.2) is 72.8 Å². The minimum Gasteiger partial charge on any atom is -0.492 e. The van der Waals surface area contributed by atoms with E-state index in [1.54, 1.807) is 0 Å². The summed E-state index contributed by atoms with van der Waals surface area (Å²) in [7, 11) is 0. The molecule has 6 heteroatoms. The Hall–Kier alpha value is -3.57. The molecule has 0 radical (unpaired) electrons. The fourth-order valence-electron chi connectivity index (χ4n) is 3.68. The number of anilines is 2. The third kappa shape index (κ3) is 3.80. The second kappa shape index (κ2) is 8.28. The molecule has 0 saturated heterocycles. The van der Waals surface area contributed by atoms with Crippen LogP contribution in [0.3, 0.4) is 0 Å². The molecular weight excluding hydrogens is 410 g/mol. The van der Waals surface area contributed by atoms with E-state index in [4.69, 9.17) is 31.0 Å². The van der Waals surface area contributed by atoms with Gasteiger partial charge in [-0.1, -0.05) is 48.0 Å². The highest BCUT2D eigenvalue weighted by Crippen LogP contribution is 2.41. The fraction of sp³-hybridized carbons (Fsp3) is 0.120. The van der Waals surface area contributed by atoms with Crippen molar-refractivity contribution >= 4 is 23.2 Å². The number of aromatic nitrogens is 2. The van der Waals surface area contributed by atoms with Crippen molar-refractivity contribution in [3.05, 3.63) is 83.4 Å². The zero-order chi connectivity index (χ0) is 21.2. The molecule has 0 fully saturated rings. The van der Waals surface area contributed by atoms with Crippen LogP contribution in [0.25, 0.3) is 22.5 Å². The molecule has 0 unspecified atom stereocenters. The Kier molecular flexibility index (Phi) is 5.18. The van der Waals surface area contributed by atoms with Gasteiger partial charge in [-0.2, -0.15) is 0 Å². The molecule has 4 aromatic rings. The number of nitrogens with one attached hydrogen (secondary N) is 1. The average molecular weight is 430 g/mol. The molecule has 5 rings (SSSR count). The molecule has 0 saturated carbocycles. The largest absolute Gasteiger partial charge is 0.492 e. The zero-order valence-electron chi connectivity index (χ0n) is 16.9. The molecule has 3 aromatic carbocycles. The van der Waals surface area contributed by atoms with Gasteiger partial charge in [-0.15, -0.1) is 0 Å². The monoisotopic (exact) mass is 429 g/mol. The number of halogens is 1. The maximum atomic E-state index is 6.28. The molecule has 0 amide bonds. The summed E-state index contributed by atoms with van der Waals surface area (Å²) in [5.41, 5.74) is 5.23. The molecule has 1 aliphatic rings. The molecule has 0 atom stereocenters. The van der Waals surface area contributed by atoms with Crippen LogP contribution >= 0.6 is 11.6 Å². The molecule has 5 nitrogen and oxygen atoms in total. The van der Waals surface area contributed by atoms with Crippen LogP contribution < -0.4 is 14.8 Å². The number of benzene rings is 3. The van der Waals surface area contributed by atoms with Crippen LogP contribution in [0.2, 0.25) is 5.02 Å². The Morgan fingerprint density at radius 3 is 2.65 bits per heavy atom. The summed E-state index contributed by atoms with van der Waals surface area (Å²) in [5.74, 6) is 2.04. The van der Waals surface area contributed by atoms with Gasteiger partial charge in [0.05, 0.1) is 23.7 Å². The van der Waals surface area contributed by atoms with Gasteiger partial charge in [-0.05, 0) is 43.3 Å². The zero-order valence-corrected chi connectivity index (χ0v) is 17.7. The van der Waals surface area contributed by atoms with Gasteiger partial charge in [0.15, 0.2) is 0 Å². The van der Waals surface area contributed by atoms with Crippen molar-refractivity contribution in [2.24, 2.45) is 0 Å². The van der Waals surface area contributed by atoms with E-state index < -0.39 is 0 Å². The van der Waals surface area contributed by atoms with Gasteiger partial charge < -0.3 is 14.8 Å². The summed E-state index contributed by atoms with van der Waals surface area (Å²) >= 11 is 6.28. The summed E-state index contributed by atoms with van der Waals surface area (Å²) in [6.45, 7) is 2.92.